The summed E-state index contributed by atoms with van der Waals surface area (Å²) in [7, 11) is 3.42. The highest BCUT2D eigenvalue weighted by Crippen LogP contribution is 2.33. The third-order valence-electron chi connectivity index (χ3n) is 3.08. The van der Waals surface area contributed by atoms with Gasteiger partial charge in [-0.05, 0) is 36.9 Å². The maximum atomic E-state index is 14.1. The molecule has 2 nitrogen and oxygen atoms in total. The first-order chi connectivity index (χ1) is 9.56. The van der Waals surface area contributed by atoms with Crippen LogP contribution in [0.2, 0.25) is 0 Å². The largest absolute Gasteiger partial charge is 0.497 e. The molecular formula is C15H14Br2FNO. The van der Waals surface area contributed by atoms with E-state index in [1.165, 1.54) is 6.07 Å². The molecule has 5 heteroatoms. The van der Waals surface area contributed by atoms with E-state index in [1.807, 2.05) is 31.3 Å². The van der Waals surface area contributed by atoms with Gasteiger partial charge in [-0.25, -0.2) is 4.39 Å². The van der Waals surface area contributed by atoms with Crippen molar-refractivity contribution in [2.45, 2.75) is 6.04 Å². The third kappa shape index (κ3) is 3.22. The minimum absolute atomic E-state index is 0.233. The molecule has 1 unspecified atom stereocenters. The second-order valence-corrected chi connectivity index (χ2v) is 6.04. The van der Waals surface area contributed by atoms with Crippen LogP contribution in [0.15, 0.2) is 45.3 Å². The Kier molecular flexibility index (Phi) is 5.18. The summed E-state index contributed by atoms with van der Waals surface area (Å²) in [5.74, 6) is 0.508. The number of nitrogens with one attached hydrogen (secondary N) is 1. The number of hydrogen-bond donors (Lipinski definition) is 1. The quantitative estimate of drug-likeness (QED) is 0.802. The summed E-state index contributed by atoms with van der Waals surface area (Å²) in [5.41, 5.74) is 1.55. The number of methoxy groups -OCH3 is 1. The summed E-state index contributed by atoms with van der Waals surface area (Å²) < 4.78 is 20.9. The van der Waals surface area contributed by atoms with Gasteiger partial charge in [-0.15, -0.1) is 0 Å². The van der Waals surface area contributed by atoms with Crippen molar-refractivity contribution in [1.82, 2.24) is 5.32 Å². The average molecular weight is 403 g/mol. The molecule has 0 aliphatic carbocycles. The Morgan fingerprint density at radius 2 is 1.80 bits per heavy atom. The van der Waals surface area contributed by atoms with Crippen LogP contribution in [0.25, 0.3) is 0 Å². The van der Waals surface area contributed by atoms with E-state index in [9.17, 15) is 4.39 Å². The lowest BCUT2D eigenvalue weighted by Gasteiger charge is -2.20. The number of ether oxygens (including phenoxy) is 1. The zero-order valence-electron chi connectivity index (χ0n) is 11.1. The van der Waals surface area contributed by atoms with Gasteiger partial charge in [-0.3, -0.25) is 0 Å². The lowest BCUT2D eigenvalue weighted by atomic mass is 9.98. The third-order valence-corrected chi connectivity index (χ3v) is 4.26. The molecule has 2 rings (SSSR count). The maximum Gasteiger partial charge on any atom is 0.129 e. The lowest BCUT2D eigenvalue weighted by molar-refractivity contribution is 0.414. The molecule has 1 atom stereocenters. The Bertz CT molecular complexity index is 619. The Labute approximate surface area is 134 Å². The molecule has 0 amide bonds. The molecule has 20 heavy (non-hydrogen) atoms. The highest BCUT2D eigenvalue weighted by atomic mass is 79.9. The topological polar surface area (TPSA) is 21.3 Å². The molecule has 0 bridgehead atoms. The van der Waals surface area contributed by atoms with Crippen molar-refractivity contribution in [3.63, 3.8) is 0 Å². The molecule has 0 radical (unpaired) electrons. The van der Waals surface area contributed by atoms with Gasteiger partial charge < -0.3 is 10.1 Å². The number of benzene rings is 2. The van der Waals surface area contributed by atoms with Crippen molar-refractivity contribution in [2.75, 3.05) is 14.2 Å². The molecule has 2 aromatic rings. The van der Waals surface area contributed by atoms with E-state index >= 15 is 0 Å². The summed E-state index contributed by atoms with van der Waals surface area (Å²) in [6, 6.07) is 10.5. The predicted octanol–water partition coefficient (Wildman–Crippen LogP) is 4.67. The molecule has 0 aliphatic heterocycles. The van der Waals surface area contributed by atoms with Crippen molar-refractivity contribution in [2.24, 2.45) is 0 Å². The van der Waals surface area contributed by atoms with Gasteiger partial charge in [0.1, 0.15) is 11.6 Å². The van der Waals surface area contributed by atoms with Crippen molar-refractivity contribution >= 4 is 31.9 Å². The molecule has 0 spiro atoms. The van der Waals surface area contributed by atoms with Crippen molar-refractivity contribution < 1.29 is 9.13 Å². The van der Waals surface area contributed by atoms with Crippen molar-refractivity contribution in [1.29, 1.82) is 0 Å². The van der Waals surface area contributed by atoms with Gasteiger partial charge in [0, 0.05) is 14.5 Å². The van der Waals surface area contributed by atoms with Gasteiger partial charge >= 0.3 is 0 Å². The highest BCUT2D eigenvalue weighted by molar-refractivity contribution is 9.10. The Hall–Kier alpha value is -0.910. The molecule has 0 saturated carbocycles. The van der Waals surface area contributed by atoms with E-state index < -0.39 is 0 Å². The fourth-order valence-electron chi connectivity index (χ4n) is 2.08. The summed E-state index contributed by atoms with van der Waals surface area (Å²) >= 11 is 6.78. The van der Waals surface area contributed by atoms with Crippen LogP contribution < -0.4 is 10.1 Å². The normalized spacial score (nSPS) is 12.2. The van der Waals surface area contributed by atoms with Crippen LogP contribution >= 0.6 is 31.9 Å². The van der Waals surface area contributed by atoms with Crippen LogP contribution in [-0.2, 0) is 0 Å². The Balaban J connectivity index is 2.47. The van der Waals surface area contributed by atoms with E-state index in [0.29, 0.717) is 5.56 Å². The van der Waals surface area contributed by atoms with E-state index in [-0.39, 0.29) is 11.9 Å². The van der Waals surface area contributed by atoms with Gasteiger partial charge in [0.05, 0.1) is 13.2 Å². The zero-order chi connectivity index (χ0) is 14.7. The first-order valence-corrected chi connectivity index (χ1v) is 7.61. The lowest BCUT2D eigenvalue weighted by Crippen LogP contribution is -2.19. The summed E-state index contributed by atoms with van der Waals surface area (Å²) in [5, 5.41) is 3.15. The van der Waals surface area contributed by atoms with Crippen LogP contribution in [0.4, 0.5) is 4.39 Å². The summed E-state index contributed by atoms with van der Waals surface area (Å²) in [6.45, 7) is 0. The van der Waals surface area contributed by atoms with Gasteiger partial charge in [0.2, 0.25) is 0 Å². The molecule has 0 heterocycles. The van der Waals surface area contributed by atoms with Crippen LogP contribution in [-0.4, -0.2) is 14.2 Å². The minimum Gasteiger partial charge on any atom is -0.497 e. The standard InChI is InChI=1S/C15H14Br2FNO/c1-19-15(12-5-3-9(16)7-14(12)18)11-6-4-10(20-2)8-13(11)17/h3-8,15,19H,1-2H3. The Morgan fingerprint density at radius 3 is 2.35 bits per heavy atom. The van der Waals surface area contributed by atoms with Crippen LogP contribution in [0.3, 0.4) is 0 Å². The first-order valence-electron chi connectivity index (χ1n) is 6.02. The van der Waals surface area contributed by atoms with Crippen LogP contribution in [0.1, 0.15) is 17.2 Å². The molecule has 0 fully saturated rings. The molecule has 0 saturated heterocycles. The van der Waals surface area contributed by atoms with E-state index in [2.05, 4.69) is 37.2 Å². The summed E-state index contributed by atoms with van der Waals surface area (Å²) in [6.07, 6.45) is 0. The second kappa shape index (κ2) is 6.70. The molecule has 1 N–H and O–H groups in total. The van der Waals surface area contributed by atoms with Crippen LogP contribution in [0.5, 0.6) is 5.75 Å². The van der Waals surface area contributed by atoms with Gasteiger partial charge in [-0.1, -0.05) is 44.0 Å². The van der Waals surface area contributed by atoms with Crippen molar-refractivity contribution in [3.05, 3.63) is 62.3 Å². The van der Waals surface area contributed by atoms with Gasteiger partial charge in [0.15, 0.2) is 0 Å². The van der Waals surface area contributed by atoms with Crippen molar-refractivity contribution in [3.8, 4) is 5.75 Å². The number of hydrogen-bond acceptors (Lipinski definition) is 2. The van der Waals surface area contributed by atoms with Crippen LogP contribution in [0, 0.1) is 5.82 Å². The summed E-state index contributed by atoms with van der Waals surface area (Å²) in [4.78, 5) is 0. The maximum absolute atomic E-state index is 14.1. The zero-order valence-corrected chi connectivity index (χ0v) is 14.3. The number of halogens is 3. The fraction of sp³-hybridized carbons (Fsp3) is 0.200. The molecule has 106 valence electrons. The van der Waals surface area contributed by atoms with E-state index in [1.54, 1.807) is 13.2 Å². The van der Waals surface area contributed by atoms with Gasteiger partial charge in [0.25, 0.3) is 0 Å². The van der Waals surface area contributed by atoms with E-state index in [4.69, 9.17) is 4.74 Å². The Morgan fingerprint density at radius 1 is 1.10 bits per heavy atom. The monoisotopic (exact) mass is 401 g/mol. The smallest absolute Gasteiger partial charge is 0.129 e. The molecule has 0 aromatic heterocycles. The average Bonchev–Trinajstić information content (AvgIpc) is 2.43. The predicted molar refractivity (Wildman–Crippen MR) is 85.7 cm³/mol. The first kappa shape index (κ1) is 15.5. The fourth-order valence-corrected chi connectivity index (χ4v) is 3.00. The molecule has 0 aliphatic rings. The highest BCUT2D eigenvalue weighted by Gasteiger charge is 2.19. The number of rotatable bonds is 4. The minimum atomic E-state index is -0.249. The second-order valence-electron chi connectivity index (χ2n) is 4.27. The molecular weight excluding hydrogens is 389 g/mol. The van der Waals surface area contributed by atoms with E-state index in [0.717, 1.165) is 20.3 Å². The van der Waals surface area contributed by atoms with Gasteiger partial charge in [-0.2, -0.15) is 0 Å². The SMILES string of the molecule is CNC(c1ccc(Br)cc1F)c1ccc(OC)cc1Br. The molecule has 2 aromatic carbocycles.